The van der Waals surface area contributed by atoms with Crippen molar-refractivity contribution in [3.63, 3.8) is 0 Å². The van der Waals surface area contributed by atoms with Gasteiger partial charge in [-0.05, 0) is 43.2 Å². The van der Waals surface area contributed by atoms with Crippen molar-refractivity contribution in [2.75, 3.05) is 23.7 Å². The van der Waals surface area contributed by atoms with Gasteiger partial charge in [0, 0.05) is 24.2 Å². The zero-order chi connectivity index (χ0) is 22.5. The summed E-state index contributed by atoms with van der Waals surface area (Å²) in [5, 5.41) is 15.2. The molecule has 4 rings (SSSR count). The first kappa shape index (κ1) is 21.2. The third-order valence-electron chi connectivity index (χ3n) is 5.19. The molecule has 0 saturated heterocycles. The highest BCUT2D eigenvalue weighted by Gasteiger charge is 2.19. The fourth-order valence-corrected chi connectivity index (χ4v) is 3.39. The quantitative estimate of drug-likeness (QED) is 0.457. The van der Waals surface area contributed by atoms with Crippen LogP contribution in [0, 0.1) is 12.7 Å². The van der Waals surface area contributed by atoms with Gasteiger partial charge in [-0.2, -0.15) is 5.10 Å². The lowest BCUT2D eigenvalue weighted by molar-refractivity contribution is 0.101. The van der Waals surface area contributed by atoms with E-state index in [2.05, 4.69) is 31.1 Å². The van der Waals surface area contributed by atoms with Crippen LogP contribution in [-0.4, -0.2) is 40.9 Å². The van der Waals surface area contributed by atoms with Crippen LogP contribution in [-0.2, 0) is 6.42 Å². The minimum absolute atomic E-state index is 0.100. The second-order valence-electron chi connectivity index (χ2n) is 7.41. The number of carbonyl (C=O) groups excluding carboxylic acids is 2. The fraction of sp³-hybridized carbons (Fsp3) is 0.217. The summed E-state index contributed by atoms with van der Waals surface area (Å²) in [6.07, 6.45) is 1.73. The summed E-state index contributed by atoms with van der Waals surface area (Å²) < 4.78 is 13.8. The van der Waals surface area contributed by atoms with Gasteiger partial charge in [0.1, 0.15) is 11.5 Å². The molecule has 2 aromatic carbocycles. The van der Waals surface area contributed by atoms with E-state index in [4.69, 9.17) is 0 Å². The number of hydrogen-bond acceptors (Lipinski definition) is 5. The number of aromatic amines is 1. The summed E-state index contributed by atoms with van der Waals surface area (Å²) in [7, 11) is 0. The molecule has 0 saturated carbocycles. The molecule has 0 unspecified atom stereocenters. The van der Waals surface area contributed by atoms with E-state index in [1.165, 1.54) is 18.2 Å². The van der Waals surface area contributed by atoms with E-state index in [1.54, 1.807) is 13.0 Å². The molecular formula is C23H23FN6O2. The van der Waals surface area contributed by atoms with Crippen molar-refractivity contribution < 1.29 is 14.0 Å². The lowest BCUT2D eigenvalue weighted by Crippen LogP contribution is -2.18. The van der Waals surface area contributed by atoms with Gasteiger partial charge in [-0.3, -0.25) is 19.7 Å². The summed E-state index contributed by atoms with van der Waals surface area (Å²) in [5.74, 6) is -0.457. The van der Waals surface area contributed by atoms with Crippen LogP contribution in [0.5, 0.6) is 0 Å². The molecule has 0 spiro atoms. The number of aryl methyl sites for hydroxylation is 1. The predicted molar refractivity (Wildman–Crippen MR) is 121 cm³/mol. The molecule has 0 fully saturated rings. The van der Waals surface area contributed by atoms with Crippen LogP contribution >= 0.6 is 0 Å². The van der Waals surface area contributed by atoms with Crippen molar-refractivity contribution in [1.82, 2.24) is 15.5 Å². The molecule has 3 aromatic rings. The number of nitrogens with zero attached hydrogens (tertiary/aromatic N) is 2. The molecule has 0 bridgehead atoms. The van der Waals surface area contributed by atoms with E-state index in [0.29, 0.717) is 11.3 Å². The Morgan fingerprint density at radius 3 is 2.53 bits per heavy atom. The van der Waals surface area contributed by atoms with Gasteiger partial charge in [0.25, 0.3) is 11.8 Å². The van der Waals surface area contributed by atoms with E-state index in [-0.39, 0.29) is 17.1 Å². The highest BCUT2D eigenvalue weighted by Crippen LogP contribution is 2.19. The van der Waals surface area contributed by atoms with E-state index < -0.39 is 17.6 Å². The first-order valence-corrected chi connectivity index (χ1v) is 10.3. The number of benzene rings is 2. The Morgan fingerprint density at radius 2 is 1.81 bits per heavy atom. The number of aliphatic imine (C=N–C) groups is 1. The highest BCUT2D eigenvalue weighted by atomic mass is 19.1. The minimum atomic E-state index is -0.640. The summed E-state index contributed by atoms with van der Waals surface area (Å²) in [6, 6.07) is 13.3. The normalized spacial score (nSPS) is 12.8. The van der Waals surface area contributed by atoms with E-state index in [0.717, 1.165) is 37.3 Å². The van der Waals surface area contributed by atoms with Gasteiger partial charge >= 0.3 is 0 Å². The molecule has 2 heterocycles. The third kappa shape index (κ3) is 4.83. The Kier molecular flexibility index (Phi) is 6.25. The first-order valence-electron chi connectivity index (χ1n) is 10.3. The van der Waals surface area contributed by atoms with E-state index in [9.17, 15) is 14.0 Å². The Labute approximate surface area is 184 Å². The Balaban J connectivity index is 1.37. The SMILES string of the molecule is Cc1c(NC(=O)c2ccccc2F)n[nH]c1C(=O)Nc1ccc(CCC2=NCCN2)cc1. The number of amides is 2. The lowest BCUT2D eigenvalue weighted by Gasteiger charge is -2.07. The molecule has 1 aliphatic heterocycles. The molecule has 1 aliphatic rings. The molecule has 8 nitrogen and oxygen atoms in total. The number of H-pyrrole nitrogens is 1. The second kappa shape index (κ2) is 9.42. The summed E-state index contributed by atoms with van der Waals surface area (Å²) in [5.41, 5.74) is 2.35. The van der Waals surface area contributed by atoms with E-state index >= 15 is 0 Å². The molecular weight excluding hydrogens is 411 g/mol. The number of amidine groups is 1. The van der Waals surface area contributed by atoms with Crippen LogP contribution in [0.2, 0.25) is 0 Å². The van der Waals surface area contributed by atoms with Crippen LogP contribution in [0.1, 0.15) is 38.4 Å². The number of aromatic nitrogens is 2. The number of nitrogens with one attached hydrogen (secondary N) is 4. The Morgan fingerprint density at radius 1 is 1.03 bits per heavy atom. The van der Waals surface area contributed by atoms with Crippen molar-refractivity contribution in [1.29, 1.82) is 0 Å². The van der Waals surface area contributed by atoms with Gasteiger partial charge in [-0.25, -0.2) is 4.39 Å². The molecule has 2 amide bonds. The molecule has 9 heteroatoms. The predicted octanol–water partition coefficient (Wildman–Crippen LogP) is 3.30. The van der Waals surface area contributed by atoms with Crippen molar-refractivity contribution in [2.24, 2.45) is 4.99 Å². The van der Waals surface area contributed by atoms with Gasteiger partial charge in [0.2, 0.25) is 0 Å². The second-order valence-corrected chi connectivity index (χ2v) is 7.41. The minimum Gasteiger partial charge on any atom is -0.372 e. The highest BCUT2D eigenvalue weighted by molar-refractivity contribution is 6.07. The van der Waals surface area contributed by atoms with Crippen LogP contribution in [0.4, 0.5) is 15.9 Å². The maximum absolute atomic E-state index is 13.8. The largest absolute Gasteiger partial charge is 0.372 e. The summed E-state index contributed by atoms with van der Waals surface area (Å²) >= 11 is 0. The third-order valence-corrected chi connectivity index (χ3v) is 5.19. The van der Waals surface area contributed by atoms with Gasteiger partial charge in [-0.1, -0.05) is 24.3 Å². The average molecular weight is 434 g/mol. The smallest absolute Gasteiger partial charge is 0.274 e. The fourth-order valence-electron chi connectivity index (χ4n) is 3.39. The number of anilines is 2. The summed E-state index contributed by atoms with van der Waals surface area (Å²) in [6.45, 7) is 3.39. The number of rotatable bonds is 7. The molecule has 0 aliphatic carbocycles. The van der Waals surface area contributed by atoms with Gasteiger partial charge in [0.15, 0.2) is 5.82 Å². The lowest BCUT2D eigenvalue weighted by atomic mass is 10.1. The maximum atomic E-state index is 13.8. The van der Waals surface area contributed by atoms with Gasteiger partial charge in [-0.15, -0.1) is 0 Å². The van der Waals surface area contributed by atoms with Crippen LogP contribution in [0.3, 0.4) is 0 Å². The van der Waals surface area contributed by atoms with E-state index in [1.807, 2.05) is 24.3 Å². The standard InChI is InChI=1S/C23H23FN6O2/c1-14-20(29-30-21(14)28-22(31)17-4-2-3-5-18(17)24)23(32)27-16-9-6-15(7-10-16)8-11-19-25-12-13-26-19/h2-7,9-10H,8,11-13H2,1H3,(H,25,26)(H,27,32)(H2,28,29,30,31). The zero-order valence-corrected chi connectivity index (χ0v) is 17.5. The van der Waals surface area contributed by atoms with Gasteiger partial charge < -0.3 is 16.0 Å². The molecule has 1 aromatic heterocycles. The molecule has 0 radical (unpaired) electrons. The molecule has 0 atom stereocenters. The van der Waals surface area contributed by atoms with Crippen LogP contribution in [0.15, 0.2) is 53.5 Å². The van der Waals surface area contributed by atoms with Crippen LogP contribution < -0.4 is 16.0 Å². The maximum Gasteiger partial charge on any atom is 0.274 e. The van der Waals surface area contributed by atoms with Crippen molar-refractivity contribution >= 4 is 29.2 Å². The zero-order valence-electron chi connectivity index (χ0n) is 17.5. The topological polar surface area (TPSA) is 111 Å². The van der Waals surface area contributed by atoms with Crippen molar-refractivity contribution in [2.45, 2.75) is 19.8 Å². The molecule has 4 N–H and O–H groups in total. The average Bonchev–Trinajstić information content (AvgIpc) is 3.44. The monoisotopic (exact) mass is 434 g/mol. The molecule has 164 valence electrons. The Hall–Kier alpha value is -4.01. The first-order chi connectivity index (χ1) is 15.5. The van der Waals surface area contributed by atoms with Crippen molar-refractivity contribution in [3.05, 3.63) is 76.7 Å². The van der Waals surface area contributed by atoms with Crippen molar-refractivity contribution in [3.8, 4) is 0 Å². The number of carbonyl (C=O) groups is 2. The number of hydrogen-bond donors (Lipinski definition) is 4. The van der Waals surface area contributed by atoms with Gasteiger partial charge in [0.05, 0.1) is 17.9 Å². The molecule has 32 heavy (non-hydrogen) atoms. The summed E-state index contributed by atoms with van der Waals surface area (Å²) in [4.78, 5) is 29.4. The van der Waals surface area contributed by atoms with Crippen LogP contribution in [0.25, 0.3) is 0 Å². The Bertz CT molecular complexity index is 1170. The number of halogens is 1.